The number of carbonyl (C=O) groups excluding carboxylic acids is 2. The van der Waals surface area contributed by atoms with E-state index < -0.39 is 24.2 Å². The molecule has 12 heteroatoms. The molecular formula is C32H33Cl2IN2O7. The third kappa shape index (κ3) is 8.43. The molecule has 0 fully saturated rings. The molecule has 0 bridgehead atoms. The van der Waals surface area contributed by atoms with Crippen molar-refractivity contribution >= 4 is 57.6 Å². The lowest BCUT2D eigenvalue weighted by Crippen LogP contribution is -2.55. The van der Waals surface area contributed by atoms with E-state index in [-0.39, 0.29) is 50.6 Å². The molecule has 1 aliphatic carbocycles. The summed E-state index contributed by atoms with van der Waals surface area (Å²) in [6.45, 7) is -0.399. The van der Waals surface area contributed by atoms with Gasteiger partial charge in [-0.05, 0) is 69.6 Å². The fourth-order valence-electron chi connectivity index (χ4n) is 4.99. The first-order valence-electron chi connectivity index (χ1n) is 13.8. The van der Waals surface area contributed by atoms with Crippen LogP contribution in [0, 0.1) is 3.57 Å². The second-order valence-corrected chi connectivity index (χ2v) is 12.2. The summed E-state index contributed by atoms with van der Waals surface area (Å²) >= 11 is 14.7. The number of aliphatic hydroxyl groups excluding tert-OH is 3. The maximum Gasteiger partial charge on any atom is 0.247 e. The highest BCUT2D eigenvalue weighted by Crippen LogP contribution is 2.37. The normalized spacial score (nSPS) is 17.9. The van der Waals surface area contributed by atoms with E-state index >= 15 is 0 Å². The SMILES string of the molecule is COc1cc(CO)cc(I)c1OC1C=C(C(=O)NCCO)CC(N(Cc2ccc(Cl)cc2Cl)C(=O)Cc2ccccc2)C1O. The molecule has 0 aromatic heterocycles. The van der Waals surface area contributed by atoms with Crippen molar-refractivity contribution in [2.45, 2.75) is 44.2 Å². The molecule has 3 aromatic rings. The zero-order chi connectivity index (χ0) is 31.8. The summed E-state index contributed by atoms with van der Waals surface area (Å²) < 4.78 is 12.5. The maximum absolute atomic E-state index is 14.0. The van der Waals surface area contributed by atoms with E-state index in [1.54, 1.807) is 30.3 Å². The lowest BCUT2D eigenvalue weighted by Gasteiger charge is -2.41. The van der Waals surface area contributed by atoms with E-state index in [0.717, 1.165) is 5.56 Å². The van der Waals surface area contributed by atoms with Crippen molar-refractivity contribution in [1.82, 2.24) is 10.2 Å². The van der Waals surface area contributed by atoms with E-state index in [0.29, 0.717) is 36.2 Å². The minimum absolute atomic E-state index is 0.0156. The van der Waals surface area contributed by atoms with Gasteiger partial charge in [0.2, 0.25) is 11.8 Å². The molecular weight excluding hydrogens is 722 g/mol. The van der Waals surface area contributed by atoms with Gasteiger partial charge in [-0.1, -0.05) is 59.6 Å². The Morgan fingerprint density at radius 1 is 1.07 bits per heavy atom. The highest BCUT2D eigenvalue weighted by atomic mass is 127. The number of carbonyl (C=O) groups is 2. The number of halogens is 3. The largest absolute Gasteiger partial charge is 0.493 e. The van der Waals surface area contributed by atoms with E-state index in [2.05, 4.69) is 5.32 Å². The van der Waals surface area contributed by atoms with Crippen LogP contribution in [-0.2, 0) is 29.2 Å². The van der Waals surface area contributed by atoms with E-state index in [1.807, 2.05) is 52.9 Å². The Labute approximate surface area is 279 Å². The third-order valence-corrected chi connectivity index (χ3v) is 8.60. The number of benzene rings is 3. The van der Waals surface area contributed by atoms with Gasteiger partial charge in [-0.25, -0.2) is 0 Å². The Balaban J connectivity index is 1.76. The molecule has 3 atom stereocenters. The predicted molar refractivity (Wildman–Crippen MR) is 176 cm³/mol. The van der Waals surface area contributed by atoms with Gasteiger partial charge in [0.15, 0.2) is 11.5 Å². The van der Waals surface area contributed by atoms with Gasteiger partial charge < -0.3 is 35.0 Å². The maximum atomic E-state index is 14.0. The van der Waals surface area contributed by atoms with Gasteiger partial charge in [0.25, 0.3) is 0 Å². The number of rotatable bonds is 12. The second kappa shape index (κ2) is 15.9. The summed E-state index contributed by atoms with van der Waals surface area (Å²) in [5.74, 6) is -0.104. The van der Waals surface area contributed by atoms with Crippen LogP contribution in [0.3, 0.4) is 0 Å². The summed E-state index contributed by atoms with van der Waals surface area (Å²) in [6, 6.07) is 16.6. The number of ether oxygens (including phenoxy) is 2. The van der Waals surface area contributed by atoms with Crippen molar-refractivity contribution in [3.63, 3.8) is 0 Å². The van der Waals surface area contributed by atoms with Crippen molar-refractivity contribution in [3.8, 4) is 11.5 Å². The summed E-state index contributed by atoms with van der Waals surface area (Å²) in [5, 5.41) is 34.2. The van der Waals surface area contributed by atoms with Crippen LogP contribution in [0.15, 0.2) is 72.3 Å². The van der Waals surface area contributed by atoms with Crippen molar-refractivity contribution in [3.05, 3.63) is 103 Å². The zero-order valence-electron chi connectivity index (χ0n) is 23.9. The molecule has 9 nitrogen and oxygen atoms in total. The standard InChI is InChI=1S/C32H33Cl2IN2O7/c1-43-28-12-20(18-39)11-25(35)31(28)44-27-15-22(32(42)36-9-10-38)14-26(30(27)41)37(17-21-7-8-23(33)16-24(21)34)29(40)13-19-5-3-2-4-6-19/h2-8,11-12,15-16,26-27,30,38-39,41H,9-10,13-14,17-18H2,1H3,(H,36,42). The van der Waals surface area contributed by atoms with Crippen LogP contribution in [-0.4, -0.2) is 70.5 Å². The van der Waals surface area contributed by atoms with Crippen LogP contribution in [0.5, 0.6) is 11.5 Å². The minimum atomic E-state index is -1.27. The molecule has 0 saturated carbocycles. The molecule has 0 aliphatic heterocycles. The van der Waals surface area contributed by atoms with Gasteiger partial charge in [0.1, 0.15) is 12.2 Å². The molecule has 0 radical (unpaired) electrons. The quantitative estimate of drug-likeness (QED) is 0.203. The Morgan fingerprint density at radius 2 is 1.82 bits per heavy atom. The van der Waals surface area contributed by atoms with Crippen LogP contribution in [0.25, 0.3) is 0 Å². The topological polar surface area (TPSA) is 129 Å². The molecule has 0 heterocycles. The highest BCUT2D eigenvalue weighted by molar-refractivity contribution is 14.1. The van der Waals surface area contributed by atoms with Crippen molar-refractivity contribution in [2.75, 3.05) is 20.3 Å². The Kier molecular flexibility index (Phi) is 12.3. The monoisotopic (exact) mass is 754 g/mol. The van der Waals surface area contributed by atoms with Crippen molar-refractivity contribution in [2.24, 2.45) is 0 Å². The lowest BCUT2D eigenvalue weighted by molar-refractivity contribution is -0.138. The van der Waals surface area contributed by atoms with Gasteiger partial charge in [-0.15, -0.1) is 0 Å². The van der Waals surface area contributed by atoms with Crippen LogP contribution in [0.1, 0.15) is 23.1 Å². The number of hydrogen-bond acceptors (Lipinski definition) is 7. The average Bonchev–Trinajstić information content (AvgIpc) is 3.01. The van der Waals surface area contributed by atoms with E-state index in [4.69, 9.17) is 32.7 Å². The number of hydrogen-bond donors (Lipinski definition) is 4. The Morgan fingerprint density at radius 3 is 2.48 bits per heavy atom. The van der Waals surface area contributed by atoms with E-state index in [9.17, 15) is 24.9 Å². The van der Waals surface area contributed by atoms with Gasteiger partial charge in [0.05, 0.1) is 36.4 Å². The van der Waals surface area contributed by atoms with Gasteiger partial charge in [-0.3, -0.25) is 9.59 Å². The smallest absolute Gasteiger partial charge is 0.247 e. The zero-order valence-corrected chi connectivity index (χ0v) is 27.6. The fraction of sp³-hybridized carbons (Fsp3) is 0.312. The molecule has 234 valence electrons. The molecule has 0 spiro atoms. The number of aliphatic hydroxyl groups is 3. The highest BCUT2D eigenvalue weighted by Gasteiger charge is 2.41. The fourth-order valence-corrected chi connectivity index (χ4v) is 6.25. The summed E-state index contributed by atoms with van der Waals surface area (Å²) in [5.41, 5.74) is 2.28. The summed E-state index contributed by atoms with van der Waals surface area (Å²) in [7, 11) is 1.46. The van der Waals surface area contributed by atoms with Crippen molar-refractivity contribution in [1.29, 1.82) is 0 Å². The Bertz CT molecular complexity index is 1510. The van der Waals surface area contributed by atoms with Crippen LogP contribution < -0.4 is 14.8 Å². The van der Waals surface area contributed by atoms with Crippen LogP contribution >= 0.6 is 45.8 Å². The molecule has 3 aromatic carbocycles. The predicted octanol–water partition coefficient (Wildman–Crippen LogP) is 4.29. The summed E-state index contributed by atoms with van der Waals surface area (Å²) in [6.07, 6.45) is -0.752. The van der Waals surface area contributed by atoms with Gasteiger partial charge >= 0.3 is 0 Å². The first-order valence-corrected chi connectivity index (χ1v) is 15.7. The number of nitrogens with zero attached hydrogens (tertiary/aromatic N) is 1. The summed E-state index contributed by atoms with van der Waals surface area (Å²) in [4.78, 5) is 28.7. The Hall–Kier alpha value is -2.87. The minimum Gasteiger partial charge on any atom is -0.493 e. The molecule has 3 unspecified atom stereocenters. The molecule has 4 N–H and O–H groups in total. The number of nitrogens with one attached hydrogen (secondary N) is 1. The molecule has 1 aliphatic rings. The van der Waals surface area contributed by atoms with Crippen molar-refractivity contribution < 1.29 is 34.4 Å². The van der Waals surface area contributed by atoms with Crippen LogP contribution in [0.4, 0.5) is 0 Å². The van der Waals surface area contributed by atoms with Gasteiger partial charge in [-0.2, -0.15) is 0 Å². The van der Waals surface area contributed by atoms with Crippen LogP contribution in [0.2, 0.25) is 10.0 Å². The average molecular weight is 755 g/mol. The number of methoxy groups -OCH3 is 1. The molecule has 4 rings (SSSR count). The third-order valence-electron chi connectivity index (χ3n) is 7.21. The molecule has 2 amide bonds. The number of amides is 2. The molecule has 44 heavy (non-hydrogen) atoms. The second-order valence-electron chi connectivity index (χ2n) is 10.2. The van der Waals surface area contributed by atoms with E-state index in [1.165, 1.54) is 18.1 Å². The first-order chi connectivity index (χ1) is 21.1. The first kappa shape index (κ1) is 34.0. The molecule has 0 saturated heterocycles. The lowest BCUT2D eigenvalue weighted by atomic mass is 9.87. The van der Waals surface area contributed by atoms with Gasteiger partial charge in [0, 0.05) is 35.1 Å².